The molecule has 5 heteroatoms. The standard InChI is InChI=1S/HNO3.V/c2-1(3)4;/h(H,2,3,4);. The van der Waals surface area contributed by atoms with Gasteiger partial charge in [0, 0.05) is 18.6 Å². The van der Waals surface area contributed by atoms with Gasteiger partial charge in [-0.3, -0.25) is 0 Å². The van der Waals surface area contributed by atoms with Crippen molar-refractivity contribution in [3.63, 3.8) is 0 Å². The van der Waals surface area contributed by atoms with Crippen LogP contribution in [0.15, 0.2) is 0 Å². The molecule has 1 radical (unpaired) electrons. The molecule has 0 aromatic carbocycles. The van der Waals surface area contributed by atoms with E-state index in [1.54, 1.807) is 0 Å². The van der Waals surface area contributed by atoms with Crippen molar-refractivity contribution < 1.29 is 28.8 Å². The van der Waals surface area contributed by atoms with E-state index in [1.807, 2.05) is 0 Å². The van der Waals surface area contributed by atoms with Crippen molar-refractivity contribution in [3.8, 4) is 0 Å². The summed E-state index contributed by atoms with van der Waals surface area (Å²) < 4.78 is 0. The van der Waals surface area contributed by atoms with E-state index >= 15 is 0 Å². The Kier molecular flexibility index (Phi) is 6.69. The fourth-order valence-electron chi connectivity index (χ4n) is 0. The molecule has 4 nitrogen and oxygen atoms in total. The van der Waals surface area contributed by atoms with Crippen LogP contribution in [0, 0.1) is 10.1 Å². The minimum atomic E-state index is -1.50. The molecule has 29 valence electrons. The van der Waals surface area contributed by atoms with Gasteiger partial charge in [-0.1, -0.05) is 0 Å². The fraction of sp³-hybridized carbons (Fsp3) is 0. The summed E-state index contributed by atoms with van der Waals surface area (Å²) in [5, 5.41) is 13.6. The van der Waals surface area contributed by atoms with Crippen LogP contribution < -0.4 is 0 Å². The van der Waals surface area contributed by atoms with Crippen LogP contribution in [0.4, 0.5) is 0 Å². The molecule has 0 aliphatic carbocycles. The van der Waals surface area contributed by atoms with Crippen molar-refractivity contribution in [2.45, 2.75) is 0 Å². The molecule has 0 fully saturated rings. The second kappa shape index (κ2) is 3.78. The van der Waals surface area contributed by atoms with Gasteiger partial charge in [0.15, 0.2) is 0 Å². The van der Waals surface area contributed by atoms with E-state index < -0.39 is 5.09 Å². The Hall–Kier alpha value is -0.216. The van der Waals surface area contributed by atoms with Crippen molar-refractivity contribution in [1.29, 1.82) is 0 Å². The Bertz CT molecular complexity index is 29.9. The molecular weight excluding hydrogens is 113 g/mol. The van der Waals surface area contributed by atoms with E-state index in [0.29, 0.717) is 0 Å². The maximum absolute atomic E-state index is 8.36. The summed E-state index contributed by atoms with van der Waals surface area (Å²) in [4.78, 5) is 8.36. The van der Waals surface area contributed by atoms with Gasteiger partial charge < -0.3 is 5.21 Å². The third kappa shape index (κ3) is 259. The molecule has 0 heterocycles. The predicted molar refractivity (Wildman–Crippen MR) is 8.78 cm³/mol. The van der Waals surface area contributed by atoms with E-state index in [0.717, 1.165) is 0 Å². The SMILES string of the molecule is O=[N+]([O-])O.[V]. The molecule has 0 atom stereocenters. The first-order valence-electron chi connectivity index (χ1n) is 0.565. The summed E-state index contributed by atoms with van der Waals surface area (Å²) in [6.07, 6.45) is 0. The molecule has 0 amide bonds. The Morgan fingerprint density at radius 3 is 1.80 bits per heavy atom. The van der Waals surface area contributed by atoms with Crippen molar-refractivity contribution in [1.82, 2.24) is 0 Å². The summed E-state index contributed by atoms with van der Waals surface area (Å²) in [5.41, 5.74) is 0. The largest absolute Gasteiger partial charge is 0.328 e. The monoisotopic (exact) mass is 114 g/mol. The topological polar surface area (TPSA) is 63.4 Å². The minimum absolute atomic E-state index is 0. The molecule has 0 bridgehead atoms. The van der Waals surface area contributed by atoms with Crippen molar-refractivity contribution in [2.75, 3.05) is 0 Å². The average Bonchev–Trinajstić information content (AvgIpc) is 0.811. The van der Waals surface area contributed by atoms with Gasteiger partial charge in [0.05, 0.1) is 0 Å². The van der Waals surface area contributed by atoms with Crippen molar-refractivity contribution in [3.05, 3.63) is 10.1 Å². The smallest absolute Gasteiger partial charge is 0.291 e. The van der Waals surface area contributed by atoms with Gasteiger partial charge in [-0.2, -0.15) is 0 Å². The first-order valence-corrected chi connectivity index (χ1v) is 0.565. The maximum atomic E-state index is 8.36. The molecule has 1 N–H and O–H groups in total. The zero-order valence-corrected chi connectivity index (χ0v) is 3.55. The zero-order valence-electron chi connectivity index (χ0n) is 2.16. The van der Waals surface area contributed by atoms with Crippen LogP contribution in [0.3, 0.4) is 0 Å². The van der Waals surface area contributed by atoms with Crippen LogP contribution in [-0.2, 0) is 18.6 Å². The van der Waals surface area contributed by atoms with Gasteiger partial charge in [0.2, 0.25) is 0 Å². The summed E-state index contributed by atoms with van der Waals surface area (Å²) in [5.74, 6) is 0. The predicted octanol–water partition coefficient (Wildman–Crippen LogP) is -0.350. The fourth-order valence-corrected chi connectivity index (χ4v) is 0. The van der Waals surface area contributed by atoms with Crippen LogP contribution in [0.5, 0.6) is 0 Å². The van der Waals surface area contributed by atoms with Gasteiger partial charge in [0.25, 0.3) is 5.09 Å². The van der Waals surface area contributed by atoms with Crippen molar-refractivity contribution in [2.24, 2.45) is 0 Å². The summed E-state index contributed by atoms with van der Waals surface area (Å²) in [6, 6.07) is 0. The van der Waals surface area contributed by atoms with E-state index in [2.05, 4.69) is 0 Å². The van der Waals surface area contributed by atoms with Crippen LogP contribution in [-0.4, -0.2) is 10.3 Å². The Morgan fingerprint density at radius 1 is 1.80 bits per heavy atom. The molecule has 0 aromatic heterocycles. The summed E-state index contributed by atoms with van der Waals surface area (Å²) >= 11 is 0. The summed E-state index contributed by atoms with van der Waals surface area (Å²) in [7, 11) is 0. The van der Waals surface area contributed by atoms with Gasteiger partial charge in [-0.25, -0.2) is 0 Å². The number of rotatable bonds is 0. The molecular formula is HNO3V. The van der Waals surface area contributed by atoms with Crippen LogP contribution in [0.2, 0.25) is 0 Å². The number of hydrogen-bond acceptors (Lipinski definition) is 2. The third-order valence-corrected chi connectivity index (χ3v) is 0. The van der Waals surface area contributed by atoms with E-state index in [-0.39, 0.29) is 18.6 Å². The summed E-state index contributed by atoms with van der Waals surface area (Å²) in [6.45, 7) is 0. The van der Waals surface area contributed by atoms with E-state index in [4.69, 9.17) is 15.3 Å². The van der Waals surface area contributed by atoms with Gasteiger partial charge in [-0.05, 0) is 0 Å². The Balaban J connectivity index is 0. The van der Waals surface area contributed by atoms with Gasteiger partial charge >= 0.3 is 0 Å². The molecule has 0 aromatic rings. The van der Waals surface area contributed by atoms with Gasteiger partial charge in [-0.15, -0.1) is 10.1 Å². The zero-order chi connectivity index (χ0) is 3.58. The molecule has 0 saturated carbocycles. The molecule has 5 heavy (non-hydrogen) atoms. The first kappa shape index (κ1) is 8.84. The molecule has 0 aliphatic rings. The average molecular weight is 114 g/mol. The second-order valence-electron chi connectivity index (χ2n) is 0.238. The Morgan fingerprint density at radius 2 is 1.80 bits per heavy atom. The van der Waals surface area contributed by atoms with Crippen LogP contribution in [0.25, 0.3) is 0 Å². The van der Waals surface area contributed by atoms with E-state index in [9.17, 15) is 0 Å². The van der Waals surface area contributed by atoms with Crippen molar-refractivity contribution >= 4 is 0 Å². The molecule has 0 unspecified atom stereocenters. The van der Waals surface area contributed by atoms with Gasteiger partial charge in [0.1, 0.15) is 0 Å². The normalized spacial score (nSPS) is 4.80. The van der Waals surface area contributed by atoms with E-state index in [1.165, 1.54) is 0 Å². The maximum Gasteiger partial charge on any atom is 0.291 e. The molecule has 0 aliphatic heterocycles. The minimum Gasteiger partial charge on any atom is -0.328 e. The van der Waals surface area contributed by atoms with Crippen LogP contribution in [0.1, 0.15) is 0 Å². The second-order valence-corrected chi connectivity index (χ2v) is 0.238. The first-order chi connectivity index (χ1) is 1.73. The number of hydrogen-bond donors (Lipinski definition) is 1. The molecule has 0 spiro atoms. The quantitative estimate of drug-likeness (QED) is 0.345. The Labute approximate surface area is 39.8 Å². The number of nitrogens with zero attached hydrogens (tertiary/aromatic N) is 1. The third-order valence-electron chi connectivity index (χ3n) is 0. The molecule has 0 saturated heterocycles. The van der Waals surface area contributed by atoms with Crippen LogP contribution >= 0.6 is 0 Å². The molecule has 0 rings (SSSR count).